The Hall–Kier alpha value is -2.34. The van der Waals surface area contributed by atoms with E-state index in [1.54, 1.807) is 12.1 Å². The Morgan fingerprint density at radius 1 is 1.10 bits per heavy atom. The standard InChI is InChI=1S/C18H19FN2/c1-13(2)9-14-3-5-15(6-4-14)12-21-18-8-7-16(11-20)10-17(18)19/h3-8,10,13,21H,9,12H2,1-2H3. The van der Waals surface area contributed by atoms with Crippen LogP contribution in [0.1, 0.15) is 30.5 Å². The molecule has 0 aliphatic rings. The van der Waals surface area contributed by atoms with E-state index in [1.807, 2.05) is 6.07 Å². The second-order valence-corrected chi connectivity index (χ2v) is 5.57. The molecule has 0 aromatic heterocycles. The molecule has 0 saturated heterocycles. The molecule has 1 N–H and O–H groups in total. The van der Waals surface area contributed by atoms with Gasteiger partial charge in [-0.2, -0.15) is 5.26 Å². The topological polar surface area (TPSA) is 35.8 Å². The van der Waals surface area contributed by atoms with Crippen molar-refractivity contribution in [1.29, 1.82) is 5.26 Å². The lowest BCUT2D eigenvalue weighted by Crippen LogP contribution is -2.02. The van der Waals surface area contributed by atoms with Crippen molar-refractivity contribution in [2.75, 3.05) is 5.32 Å². The molecule has 2 aromatic carbocycles. The molecule has 0 bridgehead atoms. The lowest BCUT2D eigenvalue weighted by molar-refractivity contribution is 0.629. The summed E-state index contributed by atoms with van der Waals surface area (Å²) in [6, 6.07) is 14.7. The van der Waals surface area contributed by atoms with E-state index in [1.165, 1.54) is 11.6 Å². The molecule has 0 fully saturated rings. The van der Waals surface area contributed by atoms with Crippen molar-refractivity contribution in [3.63, 3.8) is 0 Å². The third-order valence-corrected chi connectivity index (χ3v) is 3.25. The molecule has 0 saturated carbocycles. The summed E-state index contributed by atoms with van der Waals surface area (Å²) in [7, 11) is 0. The molecule has 0 aliphatic carbocycles. The van der Waals surface area contributed by atoms with E-state index < -0.39 is 5.82 Å². The number of rotatable bonds is 5. The zero-order valence-electron chi connectivity index (χ0n) is 12.4. The third-order valence-electron chi connectivity index (χ3n) is 3.25. The largest absolute Gasteiger partial charge is 0.379 e. The normalized spacial score (nSPS) is 10.4. The summed E-state index contributed by atoms with van der Waals surface area (Å²) in [5, 5.41) is 11.8. The maximum absolute atomic E-state index is 13.7. The molecule has 0 radical (unpaired) electrons. The Bertz CT molecular complexity index is 639. The van der Waals surface area contributed by atoms with E-state index in [9.17, 15) is 4.39 Å². The molecular weight excluding hydrogens is 263 g/mol. The summed E-state index contributed by atoms with van der Waals surface area (Å²) in [4.78, 5) is 0. The van der Waals surface area contributed by atoms with Crippen LogP contribution < -0.4 is 5.32 Å². The Labute approximate surface area is 125 Å². The maximum atomic E-state index is 13.7. The lowest BCUT2D eigenvalue weighted by Gasteiger charge is -2.09. The average Bonchev–Trinajstić information content (AvgIpc) is 2.47. The zero-order chi connectivity index (χ0) is 15.2. The minimum Gasteiger partial charge on any atom is -0.379 e. The Balaban J connectivity index is 1.98. The Morgan fingerprint density at radius 2 is 1.76 bits per heavy atom. The molecule has 0 spiro atoms. The molecule has 0 amide bonds. The monoisotopic (exact) mass is 282 g/mol. The molecule has 108 valence electrons. The van der Waals surface area contributed by atoms with E-state index in [2.05, 4.69) is 43.4 Å². The first-order chi connectivity index (χ1) is 10.1. The molecule has 2 nitrogen and oxygen atoms in total. The third kappa shape index (κ3) is 4.32. The molecule has 2 aromatic rings. The summed E-state index contributed by atoms with van der Waals surface area (Å²) in [5.41, 5.74) is 3.17. The number of anilines is 1. The first-order valence-electron chi connectivity index (χ1n) is 7.10. The smallest absolute Gasteiger partial charge is 0.147 e. The van der Waals surface area contributed by atoms with Crippen LogP contribution in [0.25, 0.3) is 0 Å². The average molecular weight is 282 g/mol. The quantitative estimate of drug-likeness (QED) is 0.876. The van der Waals surface area contributed by atoms with Gasteiger partial charge in [0.15, 0.2) is 0 Å². The number of benzene rings is 2. The minimum absolute atomic E-state index is 0.330. The zero-order valence-corrected chi connectivity index (χ0v) is 12.4. The second-order valence-electron chi connectivity index (χ2n) is 5.57. The van der Waals surface area contributed by atoms with Crippen LogP contribution in [0.5, 0.6) is 0 Å². The fraction of sp³-hybridized carbons (Fsp3) is 0.278. The van der Waals surface area contributed by atoms with Gasteiger partial charge < -0.3 is 5.32 Å². The predicted molar refractivity (Wildman–Crippen MR) is 83.4 cm³/mol. The minimum atomic E-state index is -0.398. The summed E-state index contributed by atoms with van der Waals surface area (Å²) in [5.74, 6) is 0.243. The predicted octanol–water partition coefficient (Wildman–Crippen LogP) is 4.51. The fourth-order valence-electron chi connectivity index (χ4n) is 2.19. The lowest BCUT2D eigenvalue weighted by atomic mass is 10.0. The van der Waals surface area contributed by atoms with Crippen LogP contribution in [-0.4, -0.2) is 0 Å². The van der Waals surface area contributed by atoms with Gasteiger partial charge in [-0.3, -0.25) is 0 Å². The molecule has 0 aliphatic heterocycles. The molecule has 0 unspecified atom stereocenters. The van der Waals surface area contributed by atoms with Crippen molar-refractivity contribution in [3.05, 3.63) is 65.0 Å². The molecule has 21 heavy (non-hydrogen) atoms. The van der Waals surface area contributed by atoms with Crippen molar-refractivity contribution < 1.29 is 4.39 Å². The van der Waals surface area contributed by atoms with Crippen molar-refractivity contribution in [3.8, 4) is 6.07 Å². The van der Waals surface area contributed by atoms with E-state index in [0.29, 0.717) is 23.7 Å². The molecule has 2 rings (SSSR count). The highest BCUT2D eigenvalue weighted by molar-refractivity contribution is 5.49. The number of halogens is 1. The van der Waals surface area contributed by atoms with Crippen LogP contribution in [0.15, 0.2) is 42.5 Å². The van der Waals surface area contributed by atoms with Crippen LogP contribution >= 0.6 is 0 Å². The van der Waals surface area contributed by atoms with Crippen LogP contribution in [0.3, 0.4) is 0 Å². The van der Waals surface area contributed by atoms with E-state index in [-0.39, 0.29) is 0 Å². The molecular formula is C18H19FN2. The molecule has 0 heterocycles. The highest BCUT2D eigenvalue weighted by atomic mass is 19.1. The maximum Gasteiger partial charge on any atom is 0.147 e. The van der Waals surface area contributed by atoms with Crippen LogP contribution in [0.4, 0.5) is 10.1 Å². The summed E-state index contributed by atoms with van der Waals surface area (Å²) >= 11 is 0. The van der Waals surface area contributed by atoms with Gasteiger partial charge in [-0.1, -0.05) is 38.1 Å². The van der Waals surface area contributed by atoms with Crippen LogP contribution in [0, 0.1) is 23.1 Å². The summed E-state index contributed by atoms with van der Waals surface area (Å²) in [6.45, 7) is 4.96. The molecule has 0 atom stereocenters. The summed E-state index contributed by atoms with van der Waals surface area (Å²) in [6.07, 6.45) is 1.07. The van der Waals surface area contributed by atoms with Gasteiger partial charge in [-0.15, -0.1) is 0 Å². The Morgan fingerprint density at radius 3 is 2.33 bits per heavy atom. The van der Waals surface area contributed by atoms with E-state index in [4.69, 9.17) is 5.26 Å². The van der Waals surface area contributed by atoms with E-state index in [0.717, 1.165) is 12.0 Å². The highest BCUT2D eigenvalue weighted by Crippen LogP contribution is 2.17. The summed E-state index contributed by atoms with van der Waals surface area (Å²) < 4.78 is 13.7. The number of nitrogens with zero attached hydrogens (tertiary/aromatic N) is 1. The number of nitriles is 1. The van der Waals surface area contributed by atoms with Crippen LogP contribution in [-0.2, 0) is 13.0 Å². The first-order valence-corrected chi connectivity index (χ1v) is 7.10. The van der Waals surface area contributed by atoms with Crippen LogP contribution in [0.2, 0.25) is 0 Å². The van der Waals surface area contributed by atoms with Crippen molar-refractivity contribution in [2.24, 2.45) is 5.92 Å². The van der Waals surface area contributed by atoms with Gasteiger partial charge in [0.25, 0.3) is 0 Å². The van der Waals surface area contributed by atoms with Crippen molar-refractivity contribution in [2.45, 2.75) is 26.8 Å². The van der Waals surface area contributed by atoms with Gasteiger partial charge in [0.1, 0.15) is 5.82 Å². The number of hydrogen-bond donors (Lipinski definition) is 1. The van der Waals surface area contributed by atoms with Gasteiger partial charge in [-0.25, -0.2) is 4.39 Å². The SMILES string of the molecule is CC(C)Cc1ccc(CNc2ccc(C#N)cc2F)cc1. The fourth-order valence-corrected chi connectivity index (χ4v) is 2.19. The van der Waals surface area contributed by atoms with Gasteiger partial charge in [0, 0.05) is 6.54 Å². The Kier molecular flexibility index (Phi) is 4.94. The van der Waals surface area contributed by atoms with Gasteiger partial charge in [-0.05, 0) is 41.7 Å². The van der Waals surface area contributed by atoms with Gasteiger partial charge in [0.2, 0.25) is 0 Å². The molecule has 3 heteroatoms. The first kappa shape index (κ1) is 15.1. The number of hydrogen-bond acceptors (Lipinski definition) is 2. The van der Waals surface area contributed by atoms with E-state index >= 15 is 0 Å². The van der Waals surface area contributed by atoms with Crippen molar-refractivity contribution in [1.82, 2.24) is 0 Å². The number of nitrogens with one attached hydrogen (secondary N) is 1. The van der Waals surface area contributed by atoms with Gasteiger partial charge >= 0.3 is 0 Å². The highest BCUT2D eigenvalue weighted by Gasteiger charge is 2.03. The van der Waals surface area contributed by atoms with Crippen molar-refractivity contribution >= 4 is 5.69 Å². The van der Waals surface area contributed by atoms with Gasteiger partial charge in [0.05, 0.1) is 17.3 Å². The second kappa shape index (κ2) is 6.90.